The number of nitrogens with zero attached hydrogens (tertiary/aromatic N) is 3. The van der Waals surface area contributed by atoms with Gasteiger partial charge in [0.25, 0.3) is 0 Å². The molecule has 0 aliphatic carbocycles. The molecule has 0 aromatic carbocycles. The summed E-state index contributed by atoms with van der Waals surface area (Å²) in [4.78, 5) is 14.8. The summed E-state index contributed by atoms with van der Waals surface area (Å²) in [6.07, 6.45) is 2.96. The van der Waals surface area contributed by atoms with E-state index < -0.39 is 11.9 Å². The second kappa shape index (κ2) is 5.94. The van der Waals surface area contributed by atoms with Crippen LogP contribution in [0.25, 0.3) is 5.82 Å². The third-order valence-electron chi connectivity index (χ3n) is 2.43. The summed E-state index contributed by atoms with van der Waals surface area (Å²) in [6, 6.07) is 4.67. The van der Waals surface area contributed by atoms with Gasteiger partial charge < -0.3 is 10.1 Å². The minimum Gasteiger partial charge on any atom is -0.453 e. The zero-order valence-corrected chi connectivity index (χ0v) is 10.3. The van der Waals surface area contributed by atoms with Crippen LogP contribution in [0.4, 0.5) is 9.18 Å². The standard InChI is InChI=1S/C12H13FN4O2/c1-19-12(18)14-6-4-10-5-7-17(16-10)11-3-2-9(13)8-15-11/h2-3,5,7-8H,4,6H2,1H3,(H,14,18). The molecular weight excluding hydrogens is 251 g/mol. The van der Waals surface area contributed by atoms with Crippen molar-refractivity contribution in [3.8, 4) is 5.82 Å². The van der Waals surface area contributed by atoms with Gasteiger partial charge in [-0.15, -0.1) is 0 Å². The average Bonchev–Trinajstić information content (AvgIpc) is 2.88. The van der Waals surface area contributed by atoms with Gasteiger partial charge in [0.05, 0.1) is 19.0 Å². The van der Waals surface area contributed by atoms with Gasteiger partial charge >= 0.3 is 6.09 Å². The predicted molar refractivity (Wildman–Crippen MR) is 65.4 cm³/mol. The minimum absolute atomic E-state index is 0.390. The van der Waals surface area contributed by atoms with Crippen LogP contribution in [0.2, 0.25) is 0 Å². The normalized spacial score (nSPS) is 10.2. The molecule has 0 atom stereocenters. The number of pyridine rings is 1. The Labute approximate surface area is 109 Å². The summed E-state index contributed by atoms with van der Waals surface area (Å²) >= 11 is 0. The molecule has 0 bridgehead atoms. The molecule has 0 saturated carbocycles. The lowest BCUT2D eigenvalue weighted by molar-refractivity contribution is 0.171. The van der Waals surface area contributed by atoms with Crippen molar-refractivity contribution in [2.24, 2.45) is 0 Å². The van der Waals surface area contributed by atoms with Crippen LogP contribution in [0.1, 0.15) is 5.69 Å². The van der Waals surface area contributed by atoms with Crippen molar-refractivity contribution in [1.29, 1.82) is 0 Å². The van der Waals surface area contributed by atoms with E-state index in [1.807, 2.05) is 6.07 Å². The van der Waals surface area contributed by atoms with Crippen molar-refractivity contribution in [1.82, 2.24) is 20.1 Å². The van der Waals surface area contributed by atoms with Gasteiger partial charge in [-0.3, -0.25) is 0 Å². The number of rotatable bonds is 4. The van der Waals surface area contributed by atoms with E-state index >= 15 is 0 Å². The maximum atomic E-state index is 12.7. The van der Waals surface area contributed by atoms with Crippen LogP contribution < -0.4 is 5.32 Å². The van der Waals surface area contributed by atoms with Gasteiger partial charge in [0.1, 0.15) is 5.82 Å². The lowest BCUT2D eigenvalue weighted by Gasteiger charge is -2.01. The first-order valence-electron chi connectivity index (χ1n) is 5.67. The van der Waals surface area contributed by atoms with Crippen molar-refractivity contribution in [2.75, 3.05) is 13.7 Å². The van der Waals surface area contributed by atoms with Gasteiger partial charge in [-0.05, 0) is 18.2 Å². The highest BCUT2D eigenvalue weighted by Gasteiger charge is 2.04. The van der Waals surface area contributed by atoms with Crippen LogP contribution in [0.5, 0.6) is 0 Å². The van der Waals surface area contributed by atoms with Crippen LogP contribution >= 0.6 is 0 Å². The van der Waals surface area contributed by atoms with Crippen molar-refractivity contribution in [3.63, 3.8) is 0 Å². The van der Waals surface area contributed by atoms with Gasteiger partial charge in [-0.1, -0.05) is 0 Å². The van der Waals surface area contributed by atoms with Crippen molar-refractivity contribution in [3.05, 3.63) is 42.1 Å². The molecule has 0 saturated heterocycles. The third-order valence-corrected chi connectivity index (χ3v) is 2.43. The monoisotopic (exact) mass is 264 g/mol. The zero-order chi connectivity index (χ0) is 13.7. The van der Waals surface area contributed by atoms with E-state index in [0.717, 1.165) is 11.9 Å². The number of methoxy groups -OCH3 is 1. The minimum atomic E-state index is -0.473. The first-order valence-corrected chi connectivity index (χ1v) is 5.67. The molecule has 19 heavy (non-hydrogen) atoms. The third kappa shape index (κ3) is 3.51. The number of halogens is 1. The SMILES string of the molecule is COC(=O)NCCc1ccn(-c2ccc(F)cn2)n1. The van der Waals surface area contributed by atoms with Gasteiger partial charge in [-0.2, -0.15) is 5.10 Å². The molecule has 0 spiro atoms. The Morgan fingerprint density at radius 3 is 3.00 bits per heavy atom. The lowest BCUT2D eigenvalue weighted by atomic mass is 10.3. The molecule has 0 radical (unpaired) electrons. The molecule has 7 heteroatoms. The van der Waals surface area contributed by atoms with Crippen molar-refractivity contribution >= 4 is 6.09 Å². The van der Waals surface area contributed by atoms with Crippen LogP contribution in [0.3, 0.4) is 0 Å². The number of hydrogen-bond acceptors (Lipinski definition) is 4. The number of amides is 1. The van der Waals surface area contributed by atoms with E-state index in [4.69, 9.17) is 0 Å². The molecule has 0 aliphatic rings. The topological polar surface area (TPSA) is 69.0 Å². The molecule has 0 aliphatic heterocycles. The summed E-state index contributed by atoms with van der Waals surface area (Å²) in [7, 11) is 1.31. The Balaban J connectivity index is 1.95. The number of hydrogen-bond donors (Lipinski definition) is 1. The van der Waals surface area contributed by atoms with Crippen molar-refractivity contribution < 1.29 is 13.9 Å². The Bertz CT molecular complexity index is 553. The quantitative estimate of drug-likeness (QED) is 0.903. The predicted octanol–water partition coefficient (Wildman–Crippen LogP) is 1.30. The van der Waals surface area contributed by atoms with E-state index in [1.54, 1.807) is 16.9 Å². The first kappa shape index (κ1) is 13.0. The maximum Gasteiger partial charge on any atom is 0.406 e. The summed E-state index contributed by atoms with van der Waals surface area (Å²) in [5.41, 5.74) is 0.794. The molecule has 100 valence electrons. The highest BCUT2D eigenvalue weighted by molar-refractivity contribution is 5.66. The second-order valence-corrected chi connectivity index (χ2v) is 3.75. The fraction of sp³-hybridized carbons (Fsp3) is 0.250. The van der Waals surface area contributed by atoms with E-state index in [-0.39, 0.29) is 0 Å². The number of carbonyl (C=O) groups is 1. The Morgan fingerprint density at radius 1 is 1.47 bits per heavy atom. The number of nitrogens with one attached hydrogen (secondary N) is 1. The van der Waals surface area contributed by atoms with Crippen molar-refractivity contribution in [2.45, 2.75) is 6.42 Å². The van der Waals surface area contributed by atoms with E-state index in [2.05, 4.69) is 20.1 Å². The van der Waals surface area contributed by atoms with E-state index in [9.17, 15) is 9.18 Å². The summed E-state index contributed by atoms with van der Waals surface area (Å²) < 4.78 is 18.7. The fourth-order valence-electron chi connectivity index (χ4n) is 1.49. The van der Waals surface area contributed by atoms with Crippen LogP contribution in [0, 0.1) is 5.82 Å². The number of ether oxygens (including phenoxy) is 1. The number of alkyl carbamates (subject to hydrolysis) is 1. The first-order chi connectivity index (χ1) is 9.19. The highest BCUT2D eigenvalue weighted by atomic mass is 19.1. The van der Waals surface area contributed by atoms with Crippen LogP contribution in [0.15, 0.2) is 30.6 Å². The molecular formula is C12H13FN4O2. The summed E-state index contributed by atoms with van der Waals surface area (Å²) in [6.45, 7) is 0.431. The Morgan fingerprint density at radius 2 is 2.32 bits per heavy atom. The average molecular weight is 264 g/mol. The molecule has 0 unspecified atom stereocenters. The summed E-state index contributed by atoms with van der Waals surface area (Å²) in [5.74, 6) is 0.145. The maximum absolute atomic E-state index is 12.7. The van der Waals surface area contributed by atoms with E-state index in [1.165, 1.54) is 13.2 Å². The van der Waals surface area contributed by atoms with E-state index in [0.29, 0.717) is 18.8 Å². The van der Waals surface area contributed by atoms with Gasteiger partial charge in [0, 0.05) is 19.2 Å². The Hall–Kier alpha value is -2.44. The molecule has 2 aromatic rings. The molecule has 1 N–H and O–H groups in total. The number of carbonyl (C=O) groups excluding carboxylic acids is 1. The largest absolute Gasteiger partial charge is 0.453 e. The van der Waals surface area contributed by atoms with Gasteiger partial charge in [-0.25, -0.2) is 18.9 Å². The molecule has 2 aromatic heterocycles. The molecule has 2 rings (SSSR count). The molecule has 0 fully saturated rings. The Kier molecular flexibility index (Phi) is 4.07. The molecule has 2 heterocycles. The van der Waals surface area contributed by atoms with Gasteiger partial charge in [0.2, 0.25) is 0 Å². The zero-order valence-electron chi connectivity index (χ0n) is 10.3. The van der Waals surface area contributed by atoms with Crippen LogP contribution in [-0.4, -0.2) is 34.5 Å². The number of aromatic nitrogens is 3. The fourth-order valence-corrected chi connectivity index (χ4v) is 1.49. The summed E-state index contributed by atoms with van der Waals surface area (Å²) in [5, 5.41) is 6.83. The smallest absolute Gasteiger partial charge is 0.406 e. The van der Waals surface area contributed by atoms with Crippen LogP contribution in [-0.2, 0) is 11.2 Å². The lowest BCUT2D eigenvalue weighted by Crippen LogP contribution is -2.25. The molecule has 6 nitrogen and oxygen atoms in total. The van der Waals surface area contributed by atoms with Gasteiger partial charge in [0.15, 0.2) is 5.82 Å². The molecule has 1 amide bonds. The second-order valence-electron chi connectivity index (χ2n) is 3.75. The highest BCUT2D eigenvalue weighted by Crippen LogP contribution is 2.05.